The molecule has 0 aliphatic heterocycles. The van der Waals surface area contributed by atoms with E-state index in [0.717, 1.165) is 5.56 Å². The van der Waals surface area contributed by atoms with Crippen molar-refractivity contribution in [1.82, 2.24) is 14.8 Å². The third-order valence-electron chi connectivity index (χ3n) is 3.70. The number of thioether (sulfide) groups is 1. The van der Waals surface area contributed by atoms with Gasteiger partial charge in [-0.2, -0.15) is 5.26 Å². The number of aryl methyl sites for hydroxylation is 1. The lowest BCUT2D eigenvalue weighted by atomic mass is 10.1. The van der Waals surface area contributed by atoms with Gasteiger partial charge in [0.1, 0.15) is 5.25 Å². The molecule has 0 fully saturated rings. The lowest BCUT2D eigenvalue weighted by Gasteiger charge is -2.10. The van der Waals surface area contributed by atoms with Gasteiger partial charge < -0.3 is 4.42 Å². The monoisotopic (exact) mass is 350 g/mol. The van der Waals surface area contributed by atoms with Crippen LogP contribution < -0.4 is 0 Å². The van der Waals surface area contributed by atoms with Crippen LogP contribution in [0.15, 0.2) is 64.9 Å². The summed E-state index contributed by atoms with van der Waals surface area (Å²) in [6.07, 6.45) is 4.03. The fourth-order valence-electron chi connectivity index (χ4n) is 2.44. The maximum Gasteiger partial charge on any atom is 0.200 e. The van der Waals surface area contributed by atoms with Crippen molar-refractivity contribution in [2.24, 2.45) is 0 Å². The van der Waals surface area contributed by atoms with Gasteiger partial charge in [-0.3, -0.25) is 4.57 Å². The number of rotatable bonds is 7. The molecule has 0 unspecified atom stereocenters. The first-order valence-corrected chi connectivity index (χ1v) is 8.79. The van der Waals surface area contributed by atoms with Crippen LogP contribution in [0.1, 0.15) is 11.1 Å². The Labute approximate surface area is 151 Å². The van der Waals surface area contributed by atoms with Crippen LogP contribution in [0.25, 0.3) is 11.6 Å². The van der Waals surface area contributed by atoms with Gasteiger partial charge in [-0.15, -0.1) is 16.8 Å². The number of nitriles is 1. The van der Waals surface area contributed by atoms with Gasteiger partial charge in [0.25, 0.3) is 0 Å². The lowest BCUT2D eigenvalue weighted by Crippen LogP contribution is -2.07. The summed E-state index contributed by atoms with van der Waals surface area (Å²) in [6.45, 7) is 6.39. The zero-order valence-electron chi connectivity index (χ0n) is 13.9. The molecule has 2 aromatic heterocycles. The second kappa shape index (κ2) is 7.86. The topological polar surface area (TPSA) is 67.6 Å². The van der Waals surface area contributed by atoms with Crippen LogP contribution in [0.4, 0.5) is 0 Å². The van der Waals surface area contributed by atoms with Gasteiger partial charge in [-0.25, -0.2) is 0 Å². The number of allylic oxidation sites excluding steroid dienone is 1. The molecule has 0 N–H and O–H groups in total. The van der Waals surface area contributed by atoms with Gasteiger partial charge in [0.05, 0.1) is 12.3 Å². The molecule has 5 nitrogen and oxygen atoms in total. The van der Waals surface area contributed by atoms with Crippen molar-refractivity contribution in [3.63, 3.8) is 0 Å². The molecular weight excluding hydrogens is 332 g/mol. The van der Waals surface area contributed by atoms with E-state index in [1.165, 1.54) is 17.3 Å². The molecule has 1 aromatic carbocycles. The Morgan fingerprint density at radius 2 is 2.12 bits per heavy atom. The van der Waals surface area contributed by atoms with Crippen molar-refractivity contribution in [2.75, 3.05) is 0 Å². The summed E-state index contributed by atoms with van der Waals surface area (Å²) in [6, 6.07) is 14.2. The molecular formula is C19H18N4OS. The molecule has 126 valence electrons. The molecule has 0 aliphatic rings. The van der Waals surface area contributed by atoms with E-state index in [0.29, 0.717) is 29.7 Å². The summed E-state index contributed by atoms with van der Waals surface area (Å²) >= 11 is 1.41. The maximum absolute atomic E-state index is 9.55. The Kier molecular flexibility index (Phi) is 5.36. The van der Waals surface area contributed by atoms with Gasteiger partial charge >= 0.3 is 0 Å². The molecule has 3 aromatic rings. The number of hydrogen-bond donors (Lipinski definition) is 0. The van der Waals surface area contributed by atoms with Crippen LogP contribution in [0, 0.1) is 18.3 Å². The van der Waals surface area contributed by atoms with E-state index in [1.807, 2.05) is 23.6 Å². The van der Waals surface area contributed by atoms with Crippen molar-refractivity contribution in [3.05, 3.63) is 66.4 Å². The smallest absolute Gasteiger partial charge is 0.200 e. The molecule has 6 heteroatoms. The van der Waals surface area contributed by atoms with Crippen LogP contribution in [0.3, 0.4) is 0 Å². The first kappa shape index (κ1) is 17.1. The van der Waals surface area contributed by atoms with Crippen molar-refractivity contribution in [2.45, 2.75) is 30.3 Å². The van der Waals surface area contributed by atoms with Gasteiger partial charge in [0, 0.05) is 6.54 Å². The zero-order chi connectivity index (χ0) is 17.6. The van der Waals surface area contributed by atoms with Crippen molar-refractivity contribution in [3.8, 4) is 17.7 Å². The van der Waals surface area contributed by atoms with Crippen LogP contribution in [0.5, 0.6) is 0 Å². The van der Waals surface area contributed by atoms with Crippen molar-refractivity contribution in [1.29, 1.82) is 5.26 Å². The third-order valence-corrected chi connectivity index (χ3v) is 4.77. The quantitative estimate of drug-likeness (QED) is 0.470. The summed E-state index contributed by atoms with van der Waals surface area (Å²) in [5.41, 5.74) is 2.34. The largest absolute Gasteiger partial charge is 0.461 e. The summed E-state index contributed by atoms with van der Waals surface area (Å²) < 4.78 is 7.34. The Morgan fingerprint density at radius 1 is 1.32 bits per heavy atom. The van der Waals surface area contributed by atoms with Crippen LogP contribution >= 0.6 is 11.8 Å². The molecule has 0 radical (unpaired) electrons. The zero-order valence-corrected chi connectivity index (χ0v) is 14.7. The Bertz CT molecular complexity index is 875. The van der Waals surface area contributed by atoms with E-state index in [1.54, 1.807) is 12.3 Å². The summed E-state index contributed by atoms with van der Waals surface area (Å²) in [4.78, 5) is 0. The molecule has 1 atom stereocenters. The minimum atomic E-state index is -0.250. The van der Waals surface area contributed by atoms with E-state index in [9.17, 15) is 5.26 Å². The fraction of sp³-hybridized carbons (Fsp3) is 0.211. The highest BCUT2D eigenvalue weighted by atomic mass is 32.2. The normalized spacial score (nSPS) is 11.8. The lowest BCUT2D eigenvalue weighted by molar-refractivity contribution is 0.569. The minimum absolute atomic E-state index is 0.250. The average molecular weight is 350 g/mol. The standard InChI is InChI=1S/C19H18N4OS/c1-3-10-23-18(17-5-4-11-24-17)21-22-19(23)25-16(13-20)12-15-8-6-14(2)7-9-15/h3-9,11,16H,1,10,12H2,2H3/t16-/m1/s1. The molecule has 0 spiro atoms. The van der Waals surface area contributed by atoms with E-state index < -0.39 is 0 Å². The molecule has 0 bridgehead atoms. The van der Waals surface area contributed by atoms with E-state index >= 15 is 0 Å². The molecule has 25 heavy (non-hydrogen) atoms. The Balaban J connectivity index is 1.82. The molecule has 3 rings (SSSR count). The fourth-order valence-corrected chi connectivity index (χ4v) is 3.40. The molecule has 2 heterocycles. The number of nitrogens with zero attached hydrogens (tertiary/aromatic N) is 4. The molecule has 0 saturated heterocycles. The van der Waals surface area contributed by atoms with Crippen molar-refractivity contribution >= 4 is 11.8 Å². The number of aromatic nitrogens is 3. The highest BCUT2D eigenvalue weighted by Gasteiger charge is 2.19. The highest BCUT2D eigenvalue weighted by Crippen LogP contribution is 2.28. The Hall–Kier alpha value is -2.78. The predicted molar refractivity (Wildman–Crippen MR) is 98.1 cm³/mol. The van der Waals surface area contributed by atoms with Crippen LogP contribution in [0.2, 0.25) is 0 Å². The summed E-state index contributed by atoms with van der Waals surface area (Å²) in [5, 5.41) is 18.5. The van der Waals surface area contributed by atoms with E-state index in [4.69, 9.17) is 4.42 Å². The first-order chi connectivity index (χ1) is 12.2. The molecule has 0 amide bonds. The second-order valence-corrected chi connectivity index (χ2v) is 6.78. The highest BCUT2D eigenvalue weighted by molar-refractivity contribution is 8.00. The average Bonchev–Trinajstić information content (AvgIpc) is 3.27. The van der Waals surface area contributed by atoms with Crippen LogP contribution in [-0.4, -0.2) is 20.0 Å². The predicted octanol–water partition coefficient (Wildman–Crippen LogP) is 4.26. The van der Waals surface area contributed by atoms with Crippen molar-refractivity contribution < 1.29 is 4.42 Å². The molecule has 0 aliphatic carbocycles. The number of furan rings is 1. The van der Waals surface area contributed by atoms with Gasteiger partial charge in [0.15, 0.2) is 10.9 Å². The van der Waals surface area contributed by atoms with Crippen LogP contribution in [-0.2, 0) is 13.0 Å². The minimum Gasteiger partial charge on any atom is -0.461 e. The first-order valence-electron chi connectivity index (χ1n) is 7.91. The maximum atomic E-state index is 9.55. The summed E-state index contributed by atoms with van der Waals surface area (Å²) in [7, 11) is 0. The Morgan fingerprint density at radius 3 is 2.76 bits per heavy atom. The third kappa shape index (κ3) is 4.01. The van der Waals surface area contributed by atoms with E-state index in [2.05, 4.69) is 47.1 Å². The van der Waals surface area contributed by atoms with Gasteiger partial charge in [0.2, 0.25) is 5.82 Å². The number of hydrogen-bond acceptors (Lipinski definition) is 5. The summed E-state index contributed by atoms with van der Waals surface area (Å²) in [5.74, 6) is 1.28. The van der Waals surface area contributed by atoms with Gasteiger partial charge in [-0.05, 0) is 31.0 Å². The van der Waals surface area contributed by atoms with E-state index in [-0.39, 0.29) is 5.25 Å². The SMILES string of the molecule is C=CCn1c(S[C@@H](C#N)Cc2ccc(C)cc2)nnc1-c1ccco1. The number of benzene rings is 1. The van der Waals surface area contributed by atoms with Gasteiger partial charge in [-0.1, -0.05) is 47.7 Å². The molecule has 0 saturated carbocycles. The second-order valence-electron chi connectivity index (χ2n) is 5.61.